The van der Waals surface area contributed by atoms with Crippen molar-refractivity contribution in [2.75, 3.05) is 19.0 Å². The van der Waals surface area contributed by atoms with Crippen LogP contribution in [0, 0.1) is 0 Å². The van der Waals surface area contributed by atoms with Gasteiger partial charge in [0.1, 0.15) is 5.75 Å². The fourth-order valence-electron chi connectivity index (χ4n) is 2.76. The first-order valence-corrected chi connectivity index (χ1v) is 8.47. The summed E-state index contributed by atoms with van der Waals surface area (Å²) in [6.07, 6.45) is 1.15. The molecule has 3 aromatic rings. The Kier molecular flexibility index (Phi) is 5.35. The van der Waals surface area contributed by atoms with Crippen LogP contribution in [-0.2, 0) is 7.05 Å². The Morgan fingerprint density at radius 2 is 2.08 bits per heavy atom. The molecule has 1 unspecified atom stereocenters. The van der Waals surface area contributed by atoms with Gasteiger partial charge in [-0.05, 0) is 47.3 Å². The third-order valence-electron chi connectivity index (χ3n) is 4.16. The molecule has 1 atom stereocenters. The van der Waals surface area contributed by atoms with Gasteiger partial charge < -0.3 is 25.0 Å². The van der Waals surface area contributed by atoms with Crippen LogP contribution in [-0.4, -0.2) is 29.4 Å². The summed E-state index contributed by atoms with van der Waals surface area (Å²) in [5.74, 6) is 0.500. The largest absolute Gasteiger partial charge is 0.495 e. The van der Waals surface area contributed by atoms with E-state index < -0.39 is 12.1 Å². The van der Waals surface area contributed by atoms with E-state index in [9.17, 15) is 9.90 Å². The summed E-state index contributed by atoms with van der Waals surface area (Å²) < 4.78 is 7.20. The molecule has 0 aliphatic heterocycles. The van der Waals surface area contributed by atoms with Crippen molar-refractivity contribution in [2.24, 2.45) is 7.05 Å². The molecule has 0 bridgehead atoms. The van der Waals surface area contributed by atoms with Crippen LogP contribution in [0.3, 0.4) is 0 Å². The normalized spacial score (nSPS) is 12.0. The van der Waals surface area contributed by atoms with Crippen LogP contribution >= 0.6 is 11.6 Å². The van der Waals surface area contributed by atoms with Crippen molar-refractivity contribution in [1.29, 1.82) is 0 Å². The number of rotatable bonds is 5. The minimum Gasteiger partial charge on any atom is -0.495 e. The van der Waals surface area contributed by atoms with E-state index in [4.69, 9.17) is 16.3 Å². The first-order valence-electron chi connectivity index (χ1n) is 8.09. The monoisotopic (exact) mass is 373 g/mol. The lowest BCUT2D eigenvalue weighted by Crippen LogP contribution is -2.32. The molecule has 1 heterocycles. The number of methoxy groups -OCH3 is 1. The number of carbonyl (C=O) groups excluding carboxylic acids is 1. The van der Waals surface area contributed by atoms with Gasteiger partial charge in [0, 0.05) is 30.3 Å². The second kappa shape index (κ2) is 7.68. The predicted molar refractivity (Wildman–Crippen MR) is 103 cm³/mol. The number of fused-ring (bicyclic) bond motifs is 1. The number of nitrogens with one attached hydrogen (secondary N) is 2. The number of aliphatic hydroxyl groups is 1. The molecule has 0 spiro atoms. The van der Waals surface area contributed by atoms with Crippen LogP contribution in [0.5, 0.6) is 5.75 Å². The molecule has 0 saturated heterocycles. The number of hydrogen-bond acceptors (Lipinski definition) is 3. The summed E-state index contributed by atoms with van der Waals surface area (Å²) in [5, 5.41) is 17.2. The number of aromatic nitrogens is 1. The Bertz CT molecular complexity index is 939. The molecule has 0 aliphatic rings. The van der Waals surface area contributed by atoms with Crippen molar-refractivity contribution in [2.45, 2.75) is 6.10 Å². The zero-order chi connectivity index (χ0) is 18.7. The average molecular weight is 374 g/mol. The number of anilines is 1. The lowest BCUT2D eigenvalue weighted by molar-refractivity contribution is 0.175. The second-order valence-electron chi connectivity index (χ2n) is 5.94. The molecule has 0 radical (unpaired) electrons. The van der Waals surface area contributed by atoms with E-state index in [0.29, 0.717) is 16.5 Å². The highest BCUT2D eigenvalue weighted by molar-refractivity contribution is 6.31. The average Bonchev–Trinajstić information content (AvgIpc) is 3.00. The van der Waals surface area contributed by atoms with Gasteiger partial charge in [0.15, 0.2) is 0 Å². The summed E-state index contributed by atoms with van der Waals surface area (Å²) in [6, 6.07) is 12.2. The fourth-order valence-corrected chi connectivity index (χ4v) is 2.93. The maximum Gasteiger partial charge on any atom is 0.319 e. The quantitative estimate of drug-likeness (QED) is 0.638. The van der Waals surface area contributed by atoms with E-state index in [-0.39, 0.29) is 6.54 Å². The molecular weight excluding hydrogens is 354 g/mol. The van der Waals surface area contributed by atoms with Gasteiger partial charge in [0.2, 0.25) is 0 Å². The van der Waals surface area contributed by atoms with Crippen molar-refractivity contribution < 1.29 is 14.6 Å². The third-order valence-corrected chi connectivity index (χ3v) is 4.39. The summed E-state index contributed by atoms with van der Waals surface area (Å²) in [4.78, 5) is 12.1. The Hall–Kier alpha value is -2.70. The van der Waals surface area contributed by atoms with Crippen LogP contribution in [0.4, 0.5) is 10.5 Å². The SMILES string of the molecule is COc1ccc(Cl)cc1NC(=O)NCC(O)c1ccc2c(ccn2C)c1. The lowest BCUT2D eigenvalue weighted by Gasteiger charge is -2.15. The second-order valence-corrected chi connectivity index (χ2v) is 6.38. The number of benzene rings is 2. The summed E-state index contributed by atoms with van der Waals surface area (Å²) in [6.45, 7) is 0.0764. The highest BCUT2D eigenvalue weighted by atomic mass is 35.5. The first kappa shape index (κ1) is 18.1. The number of halogens is 1. The van der Waals surface area contributed by atoms with Gasteiger partial charge in [-0.3, -0.25) is 0 Å². The number of nitrogens with zero attached hydrogens (tertiary/aromatic N) is 1. The molecular formula is C19H20ClN3O3. The zero-order valence-electron chi connectivity index (χ0n) is 14.5. The molecule has 26 heavy (non-hydrogen) atoms. The first-order chi connectivity index (χ1) is 12.5. The summed E-state index contributed by atoms with van der Waals surface area (Å²) >= 11 is 5.95. The highest BCUT2D eigenvalue weighted by Crippen LogP contribution is 2.27. The van der Waals surface area contributed by atoms with Crippen molar-refractivity contribution in [3.8, 4) is 5.75 Å². The predicted octanol–water partition coefficient (Wildman–Crippen LogP) is 3.70. The van der Waals surface area contributed by atoms with Crippen LogP contribution < -0.4 is 15.4 Å². The van der Waals surface area contributed by atoms with Gasteiger partial charge >= 0.3 is 6.03 Å². The van der Waals surface area contributed by atoms with E-state index in [1.54, 1.807) is 18.2 Å². The van der Waals surface area contributed by atoms with E-state index in [1.165, 1.54) is 7.11 Å². The third kappa shape index (κ3) is 3.92. The smallest absolute Gasteiger partial charge is 0.319 e. The number of aryl methyl sites for hydroxylation is 1. The van der Waals surface area contributed by atoms with E-state index >= 15 is 0 Å². The van der Waals surface area contributed by atoms with E-state index in [0.717, 1.165) is 16.5 Å². The molecule has 0 saturated carbocycles. The van der Waals surface area contributed by atoms with E-state index in [1.807, 2.05) is 42.1 Å². The molecule has 2 amide bonds. The van der Waals surface area contributed by atoms with Gasteiger partial charge in [-0.15, -0.1) is 0 Å². The Morgan fingerprint density at radius 1 is 1.27 bits per heavy atom. The number of carbonyl (C=O) groups is 1. The maximum atomic E-state index is 12.1. The van der Waals surface area contributed by atoms with Crippen LogP contribution in [0.25, 0.3) is 10.9 Å². The highest BCUT2D eigenvalue weighted by Gasteiger charge is 2.12. The number of urea groups is 1. The molecule has 0 fully saturated rings. The van der Waals surface area contributed by atoms with Crippen molar-refractivity contribution in [3.63, 3.8) is 0 Å². The molecule has 136 valence electrons. The number of aliphatic hydroxyl groups excluding tert-OH is 1. The molecule has 1 aromatic heterocycles. The Labute approximate surface area is 156 Å². The Morgan fingerprint density at radius 3 is 2.85 bits per heavy atom. The number of hydrogen-bond donors (Lipinski definition) is 3. The minimum absolute atomic E-state index is 0.0764. The molecule has 0 aliphatic carbocycles. The van der Waals surface area contributed by atoms with Crippen LogP contribution in [0.1, 0.15) is 11.7 Å². The van der Waals surface area contributed by atoms with Crippen LogP contribution in [0.15, 0.2) is 48.7 Å². The topological polar surface area (TPSA) is 75.5 Å². The summed E-state index contributed by atoms with van der Waals surface area (Å²) in [7, 11) is 3.48. The van der Waals surface area contributed by atoms with Crippen molar-refractivity contribution in [1.82, 2.24) is 9.88 Å². The molecule has 2 aromatic carbocycles. The van der Waals surface area contributed by atoms with Crippen LogP contribution in [0.2, 0.25) is 5.02 Å². The molecule has 6 nitrogen and oxygen atoms in total. The zero-order valence-corrected chi connectivity index (χ0v) is 15.2. The van der Waals surface area contributed by atoms with Gasteiger partial charge in [-0.1, -0.05) is 17.7 Å². The molecule has 3 rings (SSSR count). The minimum atomic E-state index is -0.813. The summed E-state index contributed by atoms with van der Waals surface area (Å²) in [5.41, 5.74) is 2.28. The van der Waals surface area contributed by atoms with Gasteiger partial charge in [0.05, 0.1) is 18.9 Å². The number of ether oxygens (including phenoxy) is 1. The molecule has 3 N–H and O–H groups in total. The standard InChI is InChI=1S/C19H20ClN3O3/c1-23-8-7-12-9-13(3-5-16(12)23)17(24)11-21-19(25)22-15-10-14(20)4-6-18(15)26-2/h3-10,17,24H,11H2,1-2H3,(H2,21,22,25). The lowest BCUT2D eigenvalue weighted by atomic mass is 10.1. The number of amides is 2. The van der Waals surface area contributed by atoms with Gasteiger partial charge in [-0.2, -0.15) is 0 Å². The van der Waals surface area contributed by atoms with E-state index in [2.05, 4.69) is 10.6 Å². The van der Waals surface area contributed by atoms with Crippen molar-refractivity contribution in [3.05, 3.63) is 59.2 Å². The van der Waals surface area contributed by atoms with Gasteiger partial charge in [-0.25, -0.2) is 4.79 Å². The Balaban J connectivity index is 1.62. The van der Waals surface area contributed by atoms with Crippen molar-refractivity contribution >= 4 is 34.2 Å². The maximum absolute atomic E-state index is 12.1. The fraction of sp³-hybridized carbons (Fsp3) is 0.211. The molecule has 7 heteroatoms. The van der Waals surface area contributed by atoms with Gasteiger partial charge in [0.25, 0.3) is 0 Å².